The van der Waals surface area contributed by atoms with E-state index in [0.29, 0.717) is 30.2 Å². The normalized spacial score (nSPS) is 11.1. The molecule has 0 radical (unpaired) electrons. The van der Waals surface area contributed by atoms with Gasteiger partial charge in [-0.3, -0.25) is 18.9 Å². The molecule has 0 aliphatic carbocycles. The monoisotopic (exact) mass is 313 g/mol. The molecule has 2 aromatic heterocycles. The molecule has 7 heteroatoms. The van der Waals surface area contributed by atoms with E-state index in [4.69, 9.17) is 0 Å². The van der Waals surface area contributed by atoms with Crippen molar-refractivity contribution in [3.05, 3.63) is 56.2 Å². The van der Waals surface area contributed by atoms with Crippen LogP contribution in [0.5, 0.6) is 0 Å². The van der Waals surface area contributed by atoms with Gasteiger partial charge in [-0.25, -0.2) is 4.79 Å². The van der Waals surface area contributed by atoms with Crippen molar-refractivity contribution in [1.29, 1.82) is 0 Å². The van der Waals surface area contributed by atoms with Crippen LogP contribution in [0.3, 0.4) is 0 Å². The van der Waals surface area contributed by atoms with Crippen LogP contribution in [0, 0.1) is 6.92 Å². The standard InChI is InChI=1S/C16H19N5O2/c1-4-17-15-18-13-12(14(22)19-16(23)20(13)3)21(15)9-11-7-5-10(2)6-8-11/h5-8H,4,9H2,1-3H3,(H,17,18)(H,19,22,23). The van der Waals surface area contributed by atoms with Crippen molar-refractivity contribution >= 4 is 17.1 Å². The minimum Gasteiger partial charge on any atom is -0.356 e. The zero-order valence-corrected chi connectivity index (χ0v) is 13.4. The Kier molecular flexibility index (Phi) is 3.77. The number of hydrogen-bond donors (Lipinski definition) is 2. The van der Waals surface area contributed by atoms with Crippen LogP contribution >= 0.6 is 0 Å². The summed E-state index contributed by atoms with van der Waals surface area (Å²) in [4.78, 5) is 30.8. The Bertz CT molecular complexity index is 963. The molecule has 0 amide bonds. The van der Waals surface area contributed by atoms with Crippen molar-refractivity contribution in [3.63, 3.8) is 0 Å². The van der Waals surface area contributed by atoms with Crippen LogP contribution in [0.2, 0.25) is 0 Å². The molecule has 120 valence electrons. The highest BCUT2D eigenvalue weighted by Gasteiger charge is 2.17. The third-order valence-electron chi connectivity index (χ3n) is 3.80. The van der Waals surface area contributed by atoms with Gasteiger partial charge >= 0.3 is 5.69 Å². The minimum absolute atomic E-state index is 0.377. The van der Waals surface area contributed by atoms with Crippen molar-refractivity contribution in [2.45, 2.75) is 20.4 Å². The van der Waals surface area contributed by atoms with E-state index < -0.39 is 11.2 Å². The van der Waals surface area contributed by atoms with Gasteiger partial charge in [0.2, 0.25) is 5.95 Å². The molecule has 0 aliphatic heterocycles. The van der Waals surface area contributed by atoms with Crippen molar-refractivity contribution in [2.24, 2.45) is 7.05 Å². The van der Waals surface area contributed by atoms with Gasteiger partial charge in [-0.2, -0.15) is 4.98 Å². The number of anilines is 1. The Morgan fingerprint density at radius 3 is 2.57 bits per heavy atom. The Morgan fingerprint density at radius 2 is 1.91 bits per heavy atom. The number of nitrogens with zero attached hydrogens (tertiary/aromatic N) is 3. The summed E-state index contributed by atoms with van der Waals surface area (Å²) in [5.74, 6) is 0.578. The van der Waals surface area contributed by atoms with Gasteiger partial charge in [0.25, 0.3) is 5.56 Å². The molecule has 0 atom stereocenters. The number of aryl methyl sites for hydroxylation is 2. The summed E-state index contributed by atoms with van der Waals surface area (Å²) in [6.45, 7) is 5.16. The number of fused-ring (bicyclic) bond motifs is 1. The highest BCUT2D eigenvalue weighted by molar-refractivity contribution is 5.74. The van der Waals surface area contributed by atoms with Crippen LogP contribution in [0.1, 0.15) is 18.1 Å². The predicted octanol–water partition coefficient (Wildman–Crippen LogP) is 1.21. The summed E-state index contributed by atoms with van der Waals surface area (Å²) in [6, 6.07) is 8.10. The summed E-state index contributed by atoms with van der Waals surface area (Å²) < 4.78 is 3.16. The molecule has 0 aliphatic rings. The second-order valence-corrected chi connectivity index (χ2v) is 5.53. The largest absolute Gasteiger partial charge is 0.356 e. The molecule has 3 rings (SSSR count). The number of H-pyrrole nitrogens is 1. The first kappa shape index (κ1) is 15.1. The van der Waals surface area contributed by atoms with E-state index in [-0.39, 0.29) is 0 Å². The van der Waals surface area contributed by atoms with Gasteiger partial charge in [0.15, 0.2) is 11.2 Å². The lowest BCUT2D eigenvalue weighted by molar-refractivity contribution is 0.807. The molecule has 1 aromatic carbocycles. The number of hydrogen-bond acceptors (Lipinski definition) is 4. The van der Waals surface area contributed by atoms with Crippen molar-refractivity contribution in [1.82, 2.24) is 19.1 Å². The highest BCUT2D eigenvalue weighted by Crippen LogP contribution is 2.17. The molecule has 3 aromatic rings. The molecular formula is C16H19N5O2. The van der Waals surface area contributed by atoms with Crippen molar-refractivity contribution in [3.8, 4) is 0 Å². The molecular weight excluding hydrogens is 294 g/mol. The van der Waals surface area contributed by atoms with Crippen molar-refractivity contribution < 1.29 is 0 Å². The molecule has 0 saturated heterocycles. The number of aromatic nitrogens is 4. The summed E-state index contributed by atoms with van der Waals surface area (Å²) in [5.41, 5.74) is 2.11. The van der Waals surface area contributed by atoms with Crippen molar-refractivity contribution in [2.75, 3.05) is 11.9 Å². The maximum Gasteiger partial charge on any atom is 0.329 e. The zero-order chi connectivity index (χ0) is 16.6. The molecule has 2 heterocycles. The fourth-order valence-corrected chi connectivity index (χ4v) is 2.56. The van der Waals surface area contributed by atoms with Crippen LogP contribution in [0.4, 0.5) is 5.95 Å². The third-order valence-corrected chi connectivity index (χ3v) is 3.80. The highest BCUT2D eigenvalue weighted by atomic mass is 16.2. The zero-order valence-electron chi connectivity index (χ0n) is 13.4. The van der Waals surface area contributed by atoms with Gasteiger partial charge < -0.3 is 5.32 Å². The third kappa shape index (κ3) is 2.65. The minimum atomic E-state index is -0.467. The fourth-order valence-electron chi connectivity index (χ4n) is 2.56. The Morgan fingerprint density at radius 1 is 1.22 bits per heavy atom. The van der Waals surface area contributed by atoms with Gasteiger partial charge in [0, 0.05) is 13.6 Å². The van der Waals surface area contributed by atoms with Gasteiger partial charge in [0.05, 0.1) is 6.54 Å². The topological polar surface area (TPSA) is 84.7 Å². The number of rotatable bonds is 4. The first-order valence-corrected chi connectivity index (χ1v) is 7.50. The molecule has 0 saturated carbocycles. The first-order chi connectivity index (χ1) is 11.0. The first-order valence-electron chi connectivity index (χ1n) is 7.50. The molecule has 0 bridgehead atoms. The quantitative estimate of drug-likeness (QED) is 0.758. The van der Waals surface area contributed by atoms with E-state index in [1.54, 1.807) is 7.05 Å². The number of nitrogens with one attached hydrogen (secondary N) is 2. The lowest BCUT2D eigenvalue weighted by Crippen LogP contribution is -2.29. The average Bonchev–Trinajstić information content (AvgIpc) is 2.87. The van der Waals surface area contributed by atoms with E-state index in [9.17, 15) is 9.59 Å². The fraction of sp³-hybridized carbons (Fsp3) is 0.312. The molecule has 7 nitrogen and oxygen atoms in total. The number of aromatic amines is 1. The summed E-state index contributed by atoms with van der Waals surface area (Å²) in [5, 5.41) is 3.15. The van der Waals surface area contributed by atoms with E-state index >= 15 is 0 Å². The van der Waals surface area contributed by atoms with Gasteiger partial charge in [-0.15, -0.1) is 0 Å². The Balaban J connectivity index is 2.22. The molecule has 0 unspecified atom stereocenters. The van der Waals surface area contributed by atoms with Gasteiger partial charge in [0.1, 0.15) is 0 Å². The summed E-state index contributed by atoms with van der Waals surface area (Å²) >= 11 is 0. The van der Waals surface area contributed by atoms with Crippen LogP contribution in [-0.2, 0) is 13.6 Å². The van der Waals surface area contributed by atoms with Gasteiger partial charge in [-0.1, -0.05) is 29.8 Å². The van der Waals surface area contributed by atoms with Gasteiger partial charge in [-0.05, 0) is 19.4 Å². The van der Waals surface area contributed by atoms with Crippen LogP contribution < -0.4 is 16.6 Å². The molecule has 0 spiro atoms. The van der Waals surface area contributed by atoms with E-state index in [1.807, 2.05) is 42.7 Å². The van der Waals surface area contributed by atoms with E-state index in [1.165, 1.54) is 10.1 Å². The lowest BCUT2D eigenvalue weighted by atomic mass is 10.1. The smallest absolute Gasteiger partial charge is 0.329 e. The average molecular weight is 313 g/mol. The SMILES string of the molecule is CCNc1nc2c(c(=O)[nH]c(=O)n2C)n1Cc1ccc(C)cc1. The number of imidazole rings is 1. The molecule has 0 fully saturated rings. The second-order valence-electron chi connectivity index (χ2n) is 5.53. The summed E-state index contributed by atoms with van der Waals surface area (Å²) in [7, 11) is 1.60. The summed E-state index contributed by atoms with van der Waals surface area (Å²) in [6.07, 6.45) is 0. The maximum absolute atomic E-state index is 12.3. The Labute approximate surface area is 132 Å². The number of benzene rings is 1. The van der Waals surface area contributed by atoms with E-state index in [0.717, 1.165) is 5.56 Å². The maximum atomic E-state index is 12.3. The van der Waals surface area contributed by atoms with Crippen LogP contribution in [0.15, 0.2) is 33.9 Å². The predicted molar refractivity (Wildman–Crippen MR) is 90.0 cm³/mol. The molecule has 2 N–H and O–H groups in total. The Hall–Kier alpha value is -2.83. The lowest BCUT2D eigenvalue weighted by Gasteiger charge is -2.09. The second kappa shape index (κ2) is 5.75. The van der Waals surface area contributed by atoms with Crippen LogP contribution in [0.25, 0.3) is 11.2 Å². The van der Waals surface area contributed by atoms with Crippen LogP contribution in [-0.4, -0.2) is 25.6 Å². The molecule has 23 heavy (non-hydrogen) atoms. The van der Waals surface area contributed by atoms with E-state index in [2.05, 4.69) is 15.3 Å².